The van der Waals surface area contributed by atoms with Crippen molar-refractivity contribution in [3.63, 3.8) is 0 Å². The van der Waals surface area contributed by atoms with Crippen molar-refractivity contribution in [1.82, 2.24) is 10.6 Å². The van der Waals surface area contributed by atoms with Gasteiger partial charge in [0.2, 0.25) is 0 Å². The Kier molecular flexibility index (Phi) is 11.6. The topological polar surface area (TPSA) is 45.7 Å². The van der Waals surface area contributed by atoms with Crippen molar-refractivity contribution in [1.29, 1.82) is 0 Å². The van der Waals surface area contributed by atoms with Crippen LogP contribution in [0.4, 0.5) is 0 Å². The van der Waals surface area contributed by atoms with Gasteiger partial charge in [-0.1, -0.05) is 27.2 Å². The first-order chi connectivity index (χ1) is 9.17. The standard InChI is InChI=1S/C15H31N3O.HI/c1-5-6-13-11-14(13)18-15(16-4)17-8-10-19-9-7-12(2)3;/h12-14H,5-11H2,1-4H3,(H2,16,17,18);1H. The maximum absolute atomic E-state index is 5.57. The summed E-state index contributed by atoms with van der Waals surface area (Å²) >= 11 is 0. The summed E-state index contributed by atoms with van der Waals surface area (Å²) in [5, 5.41) is 6.77. The lowest BCUT2D eigenvalue weighted by Crippen LogP contribution is -2.40. The molecular weight excluding hydrogens is 365 g/mol. The molecule has 1 fully saturated rings. The summed E-state index contributed by atoms with van der Waals surface area (Å²) in [6.45, 7) is 9.11. The molecular formula is C15H32IN3O. The van der Waals surface area contributed by atoms with Crippen LogP contribution in [0.5, 0.6) is 0 Å². The number of guanidine groups is 1. The maximum atomic E-state index is 5.57. The van der Waals surface area contributed by atoms with Crippen LogP contribution in [0.15, 0.2) is 4.99 Å². The van der Waals surface area contributed by atoms with E-state index in [2.05, 4.69) is 36.4 Å². The van der Waals surface area contributed by atoms with Crippen LogP contribution in [0.2, 0.25) is 0 Å². The molecule has 0 saturated heterocycles. The van der Waals surface area contributed by atoms with Crippen LogP contribution in [0.3, 0.4) is 0 Å². The van der Waals surface area contributed by atoms with E-state index < -0.39 is 0 Å². The molecule has 0 aromatic carbocycles. The Labute approximate surface area is 141 Å². The fourth-order valence-corrected chi connectivity index (χ4v) is 2.15. The smallest absolute Gasteiger partial charge is 0.191 e. The average molecular weight is 397 g/mol. The van der Waals surface area contributed by atoms with Crippen LogP contribution >= 0.6 is 24.0 Å². The third kappa shape index (κ3) is 9.00. The predicted octanol–water partition coefficient (Wildman–Crippen LogP) is 3.02. The highest BCUT2D eigenvalue weighted by Gasteiger charge is 2.36. The van der Waals surface area contributed by atoms with Gasteiger partial charge >= 0.3 is 0 Å². The lowest BCUT2D eigenvalue weighted by molar-refractivity contribution is 0.128. The highest BCUT2D eigenvalue weighted by atomic mass is 127. The zero-order valence-corrected chi connectivity index (χ0v) is 15.8. The molecule has 20 heavy (non-hydrogen) atoms. The molecule has 0 aromatic rings. The van der Waals surface area contributed by atoms with E-state index >= 15 is 0 Å². The second kappa shape index (κ2) is 11.6. The van der Waals surface area contributed by atoms with E-state index in [1.807, 2.05) is 7.05 Å². The van der Waals surface area contributed by atoms with Gasteiger partial charge in [0.25, 0.3) is 0 Å². The SMILES string of the molecule is CCCC1CC1NC(=NC)NCCOCCC(C)C.I. The van der Waals surface area contributed by atoms with Crippen molar-refractivity contribution in [2.75, 3.05) is 26.8 Å². The van der Waals surface area contributed by atoms with Crippen LogP contribution in [0.1, 0.15) is 46.5 Å². The van der Waals surface area contributed by atoms with Gasteiger partial charge in [-0.3, -0.25) is 4.99 Å². The van der Waals surface area contributed by atoms with E-state index in [-0.39, 0.29) is 24.0 Å². The molecule has 2 atom stereocenters. The largest absolute Gasteiger partial charge is 0.380 e. The molecule has 1 rings (SSSR count). The molecule has 4 nitrogen and oxygen atoms in total. The number of rotatable bonds is 9. The van der Waals surface area contributed by atoms with Crippen LogP contribution in [-0.2, 0) is 4.74 Å². The van der Waals surface area contributed by atoms with E-state index in [0.717, 1.165) is 38.1 Å². The lowest BCUT2D eigenvalue weighted by Gasteiger charge is -2.12. The first-order valence-corrected chi connectivity index (χ1v) is 7.72. The highest BCUT2D eigenvalue weighted by Crippen LogP contribution is 2.34. The Morgan fingerprint density at radius 2 is 2.10 bits per heavy atom. The summed E-state index contributed by atoms with van der Waals surface area (Å²) < 4.78 is 5.57. The molecule has 1 aliphatic rings. The minimum Gasteiger partial charge on any atom is -0.380 e. The minimum atomic E-state index is 0. The van der Waals surface area contributed by atoms with Crippen molar-refractivity contribution >= 4 is 29.9 Å². The van der Waals surface area contributed by atoms with Gasteiger partial charge in [-0.15, -0.1) is 24.0 Å². The monoisotopic (exact) mass is 397 g/mol. The normalized spacial score (nSPS) is 21.6. The second-order valence-electron chi connectivity index (χ2n) is 5.83. The number of aliphatic imine (C=N–C) groups is 1. The summed E-state index contributed by atoms with van der Waals surface area (Å²) in [7, 11) is 1.83. The van der Waals surface area contributed by atoms with Gasteiger partial charge in [-0.05, 0) is 31.1 Å². The number of hydrogen-bond donors (Lipinski definition) is 2. The van der Waals surface area contributed by atoms with E-state index in [0.29, 0.717) is 12.0 Å². The highest BCUT2D eigenvalue weighted by molar-refractivity contribution is 14.0. The van der Waals surface area contributed by atoms with Gasteiger partial charge in [0, 0.05) is 26.2 Å². The summed E-state index contributed by atoms with van der Waals surface area (Å²) in [4.78, 5) is 4.25. The van der Waals surface area contributed by atoms with E-state index in [4.69, 9.17) is 4.74 Å². The molecule has 2 unspecified atom stereocenters. The summed E-state index contributed by atoms with van der Waals surface area (Å²) in [6.07, 6.45) is 5.03. The summed E-state index contributed by atoms with van der Waals surface area (Å²) in [6, 6.07) is 0.632. The number of nitrogens with one attached hydrogen (secondary N) is 2. The predicted molar refractivity (Wildman–Crippen MR) is 97.0 cm³/mol. The van der Waals surface area contributed by atoms with E-state index in [9.17, 15) is 0 Å². The van der Waals surface area contributed by atoms with Gasteiger partial charge in [0.15, 0.2) is 5.96 Å². The van der Waals surface area contributed by atoms with Crippen LogP contribution in [0, 0.1) is 11.8 Å². The third-order valence-corrected chi connectivity index (χ3v) is 3.51. The number of hydrogen-bond acceptors (Lipinski definition) is 2. The Morgan fingerprint density at radius 1 is 1.35 bits per heavy atom. The Hall–Kier alpha value is -0.0400. The summed E-state index contributed by atoms with van der Waals surface area (Å²) in [5.41, 5.74) is 0. The van der Waals surface area contributed by atoms with Gasteiger partial charge in [-0.25, -0.2) is 0 Å². The Bertz CT molecular complexity index is 272. The fraction of sp³-hybridized carbons (Fsp3) is 0.933. The van der Waals surface area contributed by atoms with Crippen molar-refractivity contribution in [2.45, 2.75) is 52.5 Å². The molecule has 2 N–H and O–H groups in total. The molecule has 0 spiro atoms. The molecule has 0 heterocycles. The van der Waals surface area contributed by atoms with Gasteiger partial charge in [0.05, 0.1) is 6.61 Å². The first-order valence-electron chi connectivity index (χ1n) is 7.72. The van der Waals surface area contributed by atoms with Gasteiger partial charge in [0.1, 0.15) is 0 Å². The zero-order chi connectivity index (χ0) is 14.1. The Balaban J connectivity index is 0.00000361. The fourth-order valence-electron chi connectivity index (χ4n) is 2.15. The van der Waals surface area contributed by atoms with Crippen molar-refractivity contribution in [2.24, 2.45) is 16.8 Å². The van der Waals surface area contributed by atoms with E-state index in [1.54, 1.807) is 0 Å². The van der Waals surface area contributed by atoms with Crippen LogP contribution in [-0.4, -0.2) is 38.8 Å². The molecule has 5 heteroatoms. The molecule has 1 saturated carbocycles. The number of nitrogens with zero attached hydrogens (tertiary/aromatic N) is 1. The molecule has 120 valence electrons. The van der Waals surface area contributed by atoms with Crippen LogP contribution < -0.4 is 10.6 Å². The quantitative estimate of drug-likeness (QED) is 0.272. The van der Waals surface area contributed by atoms with Crippen LogP contribution in [0.25, 0.3) is 0 Å². The van der Waals surface area contributed by atoms with E-state index in [1.165, 1.54) is 19.3 Å². The van der Waals surface area contributed by atoms with Gasteiger partial charge < -0.3 is 15.4 Å². The average Bonchev–Trinajstić information content (AvgIpc) is 3.10. The van der Waals surface area contributed by atoms with Gasteiger partial charge in [-0.2, -0.15) is 0 Å². The zero-order valence-electron chi connectivity index (χ0n) is 13.4. The first kappa shape index (κ1) is 20.0. The molecule has 1 aliphatic carbocycles. The second-order valence-corrected chi connectivity index (χ2v) is 5.83. The molecule has 0 radical (unpaired) electrons. The molecule has 0 bridgehead atoms. The summed E-state index contributed by atoms with van der Waals surface area (Å²) in [5.74, 6) is 2.48. The van der Waals surface area contributed by atoms with Crippen molar-refractivity contribution in [3.05, 3.63) is 0 Å². The molecule has 0 amide bonds. The number of ether oxygens (including phenoxy) is 1. The Morgan fingerprint density at radius 3 is 2.70 bits per heavy atom. The molecule has 0 aromatic heterocycles. The number of halogens is 1. The van der Waals surface area contributed by atoms with Crippen molar-refractivity contribution in [3.8, 4) is 0 Å². The van der Waals surface area contributed by atoms with Crippen molar-refractivity contribution < 1.29 is 4.74 Å². The maximum Gasteiger partial charge on any atom is 0.191 e. The third-order valence-electron chi connectivity index (χ3n) is 3.51. The lowest BCUT2D eigenvalue weighted by atomic mass is 10.1. The molecule has 0 aliphatic heterocycles. The minimum absolute atomic E-state index is 0.